The molecule has 21 heavy (non-hydrogen) atoms. The van der Waals surface area contributed by atoms with Crippen molar-refractivity contribution in [3.63, 3.8) is 0 Å². The van der Waals surface area contributed by atoms with Gasteiger partial charge >= 0.3 is 0 Å². The zero-order valence-corrected chi connectivity index (χ0v) is 13.6. The average molecular weight is 306 g/mol. The van der Waals surface area contributed by atoms with E-state index < -0.39 is 0 Å². The number of aromatic nitrogens is 1. The van der Waals surface area contributed by atoms with Crippen molar-refractivity contribution in [1.82, 2.24) is 4.57 Å². The number of hydrogen-bond acceptors (Lipinski definition) is 2. The monoisotopic (exact) mass is 305 g/mol. The van der Waals surface area contributed by atoms with Crippen LogP contribution in [0.15, 0.2) is 35.1 Å². The summed E-state index contributed by atoms with van der Waals surface area (Å²) in [5.41, 5.74) is 3.46. The molecule has 1 aromatic carbocycles. The van der Waals surface area contributed by atoms with Crippen molar-refractivity contribution in [3.8, 4) is 17.0 Å². The number of nitrogens with zero attached hydrogens (tertiary/aromatic N) is 1. The minimum absolute atomic E-state index is 0.0407. The fourth-order valence-corrected chi connectivity index (χ4v) is 2.65. The van der Waals surface area contributed by atoms with E-state index in [1.54, 1.807) is 17.7 Å². The molecule has 1 aromatic heterocycles. The summed E-state index contributed by atoms with van der Waals surface area (Å²) in [6, 6.07) is 9.73. The number of rotatable bonds is 4. The van der Waals surface area contributed by atoms with Gasteiger partial charge in [0.15, 0.2) is 0 Å². The topological polar surface area (TPSA) is 31.2 Å². The lowest BCUT2D eigenvalue weighted by molar-refractivity contribution is 0.415. The fraction of sp³-hybridized carbons (Fsp3) is 0.353. The van der Waals surface area contributed by atoms with E-state index in [0.717, 1.165) is 22.6 Å². The van der Waals surface area contributed by atoms with Gasteiger partial charge in [-0.15, -0.1) is 11.6 Å². The predicted molar refractivity (Wildman–Crippen MR) is 87.4 cm³/mol. The summed E-state index contributed by atoms with van der Waals surface area (Å²) in [7, 11) is 1.64. The standard InChI is InChI=1S/C17H20ClNO2/c1-11(2)19-15(7-6-13(10-18)17(19)20)14-9-12(3)5-8-16(14)21-4/h5-9,11H,10H2,1-4H3. The van der Waals surface area contributed by atoms with Gasteiger partial charge in [-0.3, -0.25) is 4.79 Å². The first-order valence-corrected chi connectivity index (χ1v) is 7.48. The number of alkyl halides is 1. The maximum absolute atomic E-state index is 12.6. The number of ether oxygens (including phenoxy) is 1. The summed E-state index contributed by atoms with van der Waals surface area (Å²) in [4.78, 5) is 12.6. The van der Waals surface area contributed by atoms with Crippen LogP contribution in [0.4, 0.5) is 0 Å². The molecule has 0 N–H and O–H groups in total. The first-order valence-electron chi connectivity index (χ1n) is 6.95. The zero-order valence-electron chi connectivity index (χ0n) is 12.8. The van der Waals surface area contributed by atoms with Gasteiger partial charge in [0.05, 0.1) is 18.7 Å². The normalized spacial score (nSPS) is 11.0. The van der Waals surface area contributed by atoms with Gasteiger partial charge < -0.3 is 9.30 Å². The van der Waals surface area contributed by atoms with Gasteiger partial charge in [-0.1, -0.05) is 17.7 Å². The van der Waals surface area contributed by atoms with Gasteiger partial charge in [-0.2, -0.15) is 0 Å². The molecule has 0 aliphatic rings. The summed E-state index contributed by atoms with van der Waals surface area (Å²) in [6.45, 7) is 6.00. The Labute approximate surface area is 130 Å². The van der Waals surface area contributed by atoms with Gasteiger partial charge in [0.1, 0.15) is 5.75 Å². The largest absolute Gasteiger partial charge is 0.496 e. The molecule has 0 aliphatic carbocycles. The molecular formula is C17H20ClNO2. The van der Waals surface area contributed by atoms with E-state index in [1.807, 2.05) is 45.0 Å². The Hall–Kier alpha value is -1.74. The smallest absolute Gasteiger partial charge is 0.255 e. The summed E-state index contributed by atoms with van der Waals surface area (Å²) in [5, 5.41) is 0. The fourth-order valence-electron chi connectivity index (χ4n) is 2.45. The van der Waals surface area contributed by atoms with E-state index in [0.29, 0.717) is 5.56 Å². The van der Waals surface area contributed by atoms with E-state index in [4.69, 9.17) is 16.3 Å². The lowest BCUT2D eigenvalue weighted by atomic mass is 10.0. The van der Waals surface area contributed by atoms with Gasteiger partial charge in [-0.25, -0.2) is 0 Å². The summed E-state index contributed by atoms with van der Waals surface area (Å²) in [6.07, 6.45) is 0. The number of aryl methyl sites for hydroxylation is 1. The van der Waals surface area contributed by atoms with Crippen LogP contribution in [0.3, 0.4) is 0 Å². The first kappa shape index (κ1) is 15.6. The molecule has 0 saturated carbocycles. The van der Waals surface area contributed by atoms with Gasteiger partial charge in [0, 0.05) is 17.2 Å². The van der Waals surface area contributed by atoms with E-state index in [9.17, 15) is 4.79 Å². The highest BCUT2D eigenvalue weighted by molar-refractivity contribution is 6.17. The molecule has 0 saturated heterocycles. The molecule has 0 bridgehead atoms. The van der Waals surface area contributed by atoms with Crippen molar-refractivity contribution >= 4 is 11.6 Å². The molecular weight excluding hydrogens is 286 g/mol. The minimum Gasteiger partial charge on any atom is -0.496 e. The van der Waals surface area contributed by atoms with Crippen LogP contribution in [-0.4, -0.2) is 11.7 Å². The van der Waals surface area contributed by atoms with Crippen LogP contribution in [0.25, 0.3) is 11.3 Å². The van der Waals surface area contributed by atoms with E-state index in [2.05, 4.69) is 0 Å². The van der Waals surface area contributed by atoms with Gasteiger partial charge in [0.2, 0.25) is 0 Å². The third-order valence-corrected chi connectivity index (χ3v) is 3.77. The quantitative estimate of drug-likeness (QED) is 0.795. The molecule has 0 radical (unpaired) electrons. The predicted octanol–water partition coefficient (Wildman–Crippen LogP) is 4.15. The van der Waals surface area contributed by atoms with Crippen LogP contribution in [0.5, 0.6) is 5.75 Å². The van der Waals surface area contributed by atoms with Crippen molar-refractivity contribution in [2.75, 3.05) is 7.11 Å². The highest BCUT2D eigenvalue weighted by atomic mass is 35.5. The SMILES string of the molecule is COc1ccc(C)cc1-c1ccc(CCl)c(=O)n1C(C)C. The third-order valence-electron chi connectivity index (χ3n) is 3.49. The molecule has 2 rings (SSSR count). The zero-order chi connectivity index (χ0) is 15.6. The van der Waals surface area contributed by atoms with Crippen LogP contribution in [0, 0.1) is 6.92 Å². The highest BCUT2D eigenvalue weighted by Crippen LogP contribution is 2.31. The minimum atomic E-state index is -0.0407. The van der Waals surface area contributed by atoms with Crippen LogP contribution in [-0.2, 0) is 5.88 Å². The second-order valence-corrected chi connectivity index (χ2v) is 5.62. The highest BCUT2D eigenvalue weighted by Gasteiger charge is 2.15. The molecule has 0 aliphatic heterocycles. The number of benzene rings is 1. The maximum atomic E-state index is 12.6. The Balaban J connectivity index is 2.78. The van der Waals surface area contributed by atoms with Crippen molar-refractivity contribution in [2.24, 2.45) is 0 Å². The molecule has 0 spiro atoms. The molecule has 112 valence electrons. The van der Waals surface area contributed by atoms with E-state index >= 15 is 0 Å². The van der Waals surface area contributed by atoms with Crippen LogP contribution >= 0.6 is 11.6 Å². The second-order valence-electron chi connectivity index (χ2n) is 5.35. The van der Waals surface area contributed by atoms with Crippen LogP contribution in [0.2, 0.25) is 0 Å². The molecule has 0 atom stereocenters. The molecule has 4 heteroatoms. The van der Waals surface area contributed by atoms with E-state index in [1.165, 1.54) is 0 Å². The second kappa shape index (κ2) is 6.35. The lowest BCUT2D eigenvalue weighted by Crippen LogP contribution is -2.26. The number of hydrogen-bond donors (Lipinski definition) is 0. The third kappa shape index (κ3) is 2.98. The van der Waals surface area contributed by atoms with Crippen LogP contribution < -0.4 is 10.3 Å². The lowest BCUT2D eigenvalue weighted by Gasteiger charge is -2.19. The molecule has 1 heterocycles. The Morgan fingerprint density at radius 3 is 2.52 bits per heavy atom. The maximum Gasteiger partial charge on any atom is 0.255 e. The number of halogens is 1. The van der Waals surface area contributed by atoms with Crippen molar-refractivity contribution in [3.05, 3.63) is 51.8 Å². The van der Waals surface area contributed by atoms with Gasteiger partial charge in [0.25, 0.3) is 5.56 Å². The summed E-state index contributed by atoms with van der Waals surface area (Å²) < 4.78 is 7.22. The molecule has 3 nitrogen and oxygen atoms in total. The Morgan fingerprint density at radius 2 is 1.95 bits per heavy atom. The van der Waals surface area contributed by atoms with Crippen LogP contribution in [0.1, 0.15) is 31.0 Å². The average Bonchev–Trinajstić information content (AvgIpc) is 2.46. The Kier molecular flexibility index (Phi) is 4.73. The van der Waals surface area contributed by atoms with Gasteiger partial charge in [-0.05, 0) is 39.0 Å². The summed E-state index contributed by atoms with van der Waals surface area (Å²) in [5.74, 6) is 0.976. The molecule has 2 aromatic rings. The molecule has 0 amide bonds. The first-order chi connectivity index (χ1) is 9.99. The van der Waals surface area contributed by atoms with Crippen molar-refractivity contribution < 1.29 is 4.74 Å². The molecule has 0 fully saturated rings. The number of pyridine rings is 1. The number of methoxy groups -OCH3 is 1. The Bertz CT molecular complexity index is 704. The molecule has 0 unspecified atom stereocenters. The van der Waals surface area contributed by atoms with Crippen molar-refractivity contribution in [2.45, 2.75) is 32.7 Å². The van der Waals surface area contributed by atoms with Crippen molar-refractivity contribution in [1.29, 1.82) is 0 Å². The Morgan fingerprint density at radius 1 is 1.24 bits per heavy atom. The summed E-state index contributed by atoms with van der Waals surface area (Å²) >= 11 is 5.85. The van der Waals surface area contributed by atoms with E-state index in [-0.39, 0.29) is 17.5 Å².